The van der Waals surface area contributed by atoms with Crippen LogP contribution in [0, 0.1) is 5.82 Å². The van der Waals surface area contributed by atoms with Gasteiger partial charge in [-0.2, -0.15) is 0 Å². The minimum absolute atomic E-state index is 0.00676. The van der Waals surface area contributed by atoms with E-state index < -0.39 is 0 Å². The SMILES string of the molecule is O=C(Nc1nc(CC(=O)N2CCN(c3ccc(F)cc3)CC2)cs1)c1ccc2c(c1)OCO2. The van der Waals surface area contributed by atoms with E-state index in [2.05, 4.69) is 15.2 Å². The number of aromatic nitrogens is 1. The van der Waals surface area contributed by atoms with E-state index in [1.54, 1.807) is 35.7 Å². The number of fused-ring (bicyclic) bond motifs is 1. The zero-order valence-electron chi connectivity index (χ0n) is 17.6. The third-order valence-corrected chi connectivity index (χ3v) is 6.37. The summed E-state index contributed by atoms with van der Waals surface area (Å²) in [5, 5.41) is 4.98. The molecule has 1 fully saturated rings. The molecule has 0 unspecified atom stereocenters. The number of piperazine rings is 1. The van der Waals surface area contributed by atoms with Crippen LogP contribution in [0.15, 0.2) is 47.8 Å². The number of rotatable bonds is 5. The number of nitrogens with one attached hydrogen (secondary N) is 1. The third kappa shape index (κ3) is 4.75. The lowest BCUT2D eigenvalue weighted by Crippen LogP contribution is -2.49. The topological polar surface area (TPSA) is 84.0 Å². The van der Waals surface area contributed by atoms with Crippen LogP contribution >= 0.6 is 11.3 Å². The summed E-state index contributed by atoms with van der Waals surface area (Å²) in [4.78, 5) is 33.6. The second-order valence-corrected chi connectivity index (χ2v) is 8.55. The van der Waals surface area contributed by atoms with Gasteiger partial charge in [0.05, 0.1) is 12.1 Å². The fraction of sp³-hybridized carbons (Fsp3) is 0.261. The summed E-state index contributed by atoms with van der Waals surface area (Å²) in [6, 6.07) is 11.4. The van der Waals surface area contributed by atoms with Gasteiger partial charge < -0.3 is 19.3 Å². The summed E-state index contributed by atoms with van der Waals surface area (Å²) in [5.74, 6) is 0.570. The second kappa shape index (κ2) is 9.07. The Balaban J connectivity index is 1.13. The van der Waals surface area contributed by atoms with Gasteiger partial charge in [0, 0.05) is 42.8 Å². The molecule has 1 N–H and O–H groups in total. The maximum absolute atomic E-state index is 13.1. The third-order valence-electron chi connectivity index (χ3n) is 5.56. The number of carbonyl (C=O) groups excluding carboxylic acids is 2. The van der Waals surface area contributed by atoms with Crippen molar-refractivity contribution in [3.8, 4) is 11.5 Å². The highest BCUT2D eigenvalue weighted by Crippen LogP contribution is 2.32. The monoisotopic (exact) mass is 468 g/mol. The van der Waals surface area contributed by atoms with Crippen molar-refractivity contribution in [2.24, 2.45) is 0 Å². The van der Waals surface area contributed by atoms with E-state index in [0.717, 1.165) is 5.69 Å². The molecule has 0 radical (unpaired) electrons. The number of ether oxygens (including phenoxy) is 2. The van der Waals surface area contributed by atoms with Crippen LogP contribution in [-0.4, -0.2) is 54.7 Å². The highest BCUT2D eigenvalue weighted by molar-refractivity contribution is 7.14. The second-order valence-electron chi connectivity index (χ2n) is 7.69. The lowest BCUT2D eigenvalue weighted by atomic mass is 10.2. The first kappa shape index (κ1) is 21.2. The maximum Gasteiger partial charge on any atom is 0.257 e. The highest BCUT2D eigenvalue weighted by Gasteiger charge is 2.23. The van der Waals surface area contributed by atoms with Crippen molar-refractivity contribution in [2.75, 3.05) is 43.2 Å². The Kier molecular flexibility index (Phi) is 5.82. The van der Waals surface area contributed by atoms with E-state index in [4.69, 9.17) is 9.47 Å². The van der Waals surface area contributed by atoms with Crippen molar-refractivity contribution in [3.05, 3.63) is 64.9 Å². The number of halogens is 1. The molecular weight excluding hydrogens is 447 g/mol. The normalized spacial score (nSPS) is 14.9. The zero-order chi connectivity index (χ0) is 22.8. The van der Waals surface area contributed by atoms with Gasteiger partial charge in [0.2, 0.25) is 12.7 Å². The minimum atomic E-state index is -0.308. The first-order valence-corrected chi connectivity index (χ1v) is 11.4. The van der Waals surface area contributed by atoms with E-state index in [9.17, 15) is 14.0 Å². The molecule has 0 saturated carbocycles. The Morgan fingerprint density at radius 2 is 1.79 bits per heavy atom. The summed E-state index contributed by atoms with van der Waals surface area (Å²) >= 11 is 1.28. The Hall–Kier alpha value is -3.66. The van der Waals surface area contributed by atoms with Gasteiger partial charge in [-0.1, -0.05) is 0 Å². The van der Waals surface area contributed by atoms with Gasteiger partial charge in [0.1, 0.15) is 5.82 Å². The standard InChI is InChI=1S/C23H21FN4O4S/c24-16-2-4-18(5-3-16)27-7-9-28(10-8-27)21(29)12-17-13-33-23(25-17)26-22(30)15-1-6-19-20(11-15)32-14-31-19/h1-6,11,13H,7-10,12,14H2,(H,25,26,30). The van der Waals surface area contributed by atoms with Crippen LogP contribution in [0.1, 0.15) is 16.1 Å². The largest absolute Gasteiger partial charge is 0.454 e. The summed E-state index contributed by atoms with van der Waals surface area (Å²) in [6.45, 7) is 2.70. The molecule has 8 nitrogen and oxygen atoms in total. The van der Waals surface area contributed by atoms with Crippen molar-refractivity contribution in [3.63, 3.8) is 0 Å². The Morgan fingerprint density at radius 1 is 1.03 bits per heavy atom. The number of hydrogen-bond acceptors (Lipinski definition) is 7. The average molecular weight is 469 g/mol. The Bertz CT molecular complexity index is 1180. The van der Waals surface area contributed by atoms with Crippen LogP contribution < -0.4 is 19.7 Å². The maximum atomic E-state index is 13.1. The van der Waals surface area contributed by atoms with Gasteiger partial charge in [-0.25, -0.2) is 9.37 Å². The van der Waals surface area contributed by atoms with Gasteiger partial charge in [-0.3, -0.25) is 14.9 Å². The molecule has 5 rings (SSSR count). The number of benzene rings is 2. The summed E-state index contributed by atoms with van der Waals surface area (Å²) < 4.78 is 23.7. The molecule has 2 aliphatic rings. The van der Waals surface area contributed by atoms with Crippen molar-refractivity contribution >= 4 is 34.0 Å². The Morgan fingerprint density at radius 3 is 2.58 bits per heavy atom. The van der Waals surface area contributed by atoms with Crippen LogP contribution in [0.5, 0.6) is 11.5 Å². The molecule has 33 heavy (non-hydrogen) atoms. The highest BCUT2D eigenvalue weighted by atomic mass is 32.1. The fourth-order valence-electron chi connectivity index (χ4n) is 3.79. The van der Waals surface area contributed by atoms with Crippen LogP contribution in [0.25, 0.3) is 0 Å². The quantitative estimate of drug-likeness (QED) is 0.619. The number of hydrogen-bond donors (Lipinski definition) is 1. The van der Waals surface area contributed by atoms with Crippen molar-refractivity contribution < 1.29 is 23.5 Å². The molecule has 1 aromatic heterocycles. The molecule has 170 valence electrons. The molecule has 3 heterocycles. The molecule has 0 aliphatic carbocycles. The van der Waals surface area contributed by atoms with Crippen LogP contribution in [0.4, 0.5) is 15.2 Å². The van der Waals surface area contributed by atoms with Crippen molar-refractivity contribution in [2.45, 2.75) is 6.42 Å². The average Bonchev–Trinajstić information content (AvgIpc) is 3.48. The molecule has 10 heteroatoms. The number of thiazole rings is 1. The van der Waals surface area contributed by atoms with Crippen LogP contribution in [-0.2, 0) is 11.2 Å². The molecular formula is C23H21FN4O4S. The number of carbonyl (C=O) groups is 2. The van der Waals surface area contributed by atoms with Gasteiger partial charge in [-0.05, 0) is 42.5 Å². The van der Waals surface area contributed by atoms with Crippen molar-refractivity contribution in [1.82, 2.24) is 9.88 Å². The first-order valence-electron chi connectivity index (χ1n) is 10.5. The lowest BCUT2D eigenvalue weighted by Gasteiger charge is -2.36. The predicted molar refractivity (Wildman–Crippen MR) is 122 cm³/mol. The smallest absolute Gasteiger partial charge is 0.257 e. The summed E-state index contributed by atoms with van der Waals surface area (Å²) in [7, 11) is 0. The number of amides is 2. The molecule has 1 saturated heterocycles. The van der Waals surface area contributed by atoms with Gasteiger partial charge in [-0.15, -0.1) is 11.3 Å². The van der Waals surface area contributed by atoms with Crippen LogP contribution in [0.3, 0.4) is 0 Å². The van der Waals surface area contributed by atoms with E-state index in [-0.39, 0.29) is 30.8 Å². The molecule has 0 spiro atoms. The van der Waals surface area contributed by atoms with Crippen molar-refractivity contribution in [1.29, 1.82) is 0 Å². The summed E-state index contributed by atoms with van der Waals surface area (Å²) in [6.07, 6.45) is 0.174. The zero-order valence-corrected chi connectivity index (χ0v) is 18.4. The van der Waals surface area contributed by atoms with Gasteiger partial charge >= 0.3 is 0 Å². The number of nitrogens with zero attached hydrogens (tertiary/aromatic N) is 3. The van der Waals surface area contributed by atoms with Crippen LogP contribution in [0.2, 0.25) is 0 Å². The molecule has 0 bridgehead atoms. The predicted octanol–water partition coefficient (Wildman–Crippen LogP) is 3.15. The fourth-order valence-corrected chi connectivity index (χ4v) is 4.49. The van der Waals surface area contributed by atoms with E-state index in [0.29, 0.717) is 54.1 Å². The molecule has 3 aromatic rings. The summed E-state index contributed by atoms with van der Waals surface area (Å²) in [5.41, 5.74) is 2.00. The van der Waals surface area contributed by atoms with Gasteiger partial charge in [0.15, 0.2) is 16.6 Å². The molecule has 2 aromatic carbocycles. The minimum Gasteiger partial charge on any atom is -0.454 e. The van der Waals surface area contributed by atoms with E-state index in [1.807, 2.05) is 4.90 Å². The lowest BCUT2D eigenvalue weighted by molar-refractivity contribution is -0.130. The van der Waals surface area contributed by atoms with E-state index in [1.165, 1.54) is 23.5 Å². The molecule has 2 amide bonds. The first-order chi connectivity index (χ1) is 16.0. The Labute approximate surface area is 193 Å². The van der Waals surface area contributed by atoms with Gasteiger partial charge in [0.25, 0.3) is 5.91 Å². The number of anilines is 2. The molecule has 0 atom stereocenters. The van der Waals surface area contributed by atoms with E-state index >= 15 is 0 Å². The molecule has 2 aliphatic heterocycles.